The number of benzene rings is 3. The molecule has 0 saturated heterocycles. The van der Waals surface area contributed by atoms with Crippen LogP contribution in [0.15, 0.2) is 69.1 Å². The highest BCUT2D eigenvalue weighted by Crippen LogP contribution is 2.33. The van der Waals surface area contributed by atoms with Crippen LogP contribution in [0.4, 0.5) is 5.69 Å². The Balaban J connectivity index is 1.72. The molecule has 0 fully saturated rings. The van der Waals surface area contributed by atoms with E-state index >= 15 is 0 Å². The number of halogens is 1. The average Bonchev–Trinajstić information content (AvgIpc) is 2.69. The van der Waals surface area contributed by atoms with Gasteiger partial charge >= 0.3 is 11.1 Å². The SMILES string of the molecule is Cc1ccccc1-c1ccc(NS(=O)(=O)c2cc3[nH]c(=O)c(=O)[nH]c3cc2C)cc1Cl. The van der Waals surface area contributed by atoms with E-state index in [1.54, 1.807) is 25.1 Å². The Morgan fingerprint density at radius 1 is 0.806 bits per heavy atom. The number of hydrogen-bond acceptors (Lipinski definition) is 4. The number of nitrogens with one attached hydrogen (secondary N) is 3. The molecule has 7 nitrogen and oxygen atoms in total. The van der Waals surface area contributed by atoms with Crippen LogP contribution in [0, 0.1) is 13.8 Å². The molecule has 1 heterocycles. The molecule has 0 bridgehead atoms. The smallest absolute Gasteiger partial charge is 0.314 e. The highest BCUT2D eigenvalue weighted by Gasteiger charge is 2.19. The van der Waals surface area contributed by atoms with Crippen LogP contribution in [0.25, 0.3) is 22.2 Å². The average molecular weight is 456 g/mol. The molecule has 0 unspecified atom stereocenters. The molecule has 1 aromatic heterocycles. The molecule has 0 aliphatic heterocycles. The maximum absolute atomic E-state index is 13.0. The molecule has 0 atom stereocenters. The lowest BCUT2D eigenvalue weighted by atomic mass is 10.0. The zero-order valence-electron chi connectivity index (χ0n) is 16.6. The van der Waals surface area contributed by atoms with Crippen molar-refractivity contribution in [2.45, 2.75) is 18.7 Å². The molecular weight excluding hydrogens is 438 g/mol. The van der Waals surface area contributed by atoms with Crippen LogP contribution in [-0.2, 0) is 10.0 Å². The Morgan fingerprint density at radius 2 is 1.45 bits per heavy atom. The minimum absolute atomic E-state index is 0.0261. The van der Waals surface area contributed by atoms with Crippen LogP contribution in [0.1, 0.15) is 11.1 Å². The molecule has 0 radical (unpaired) electrons. The summed E-state index contributed by atoms with van der Waals surface area (Å²) in [6.45, 7) is 3.58. The molecule has 4 aromatic rings. The van der Waals surface area contributed by atoms with Crippen LogP contribution in [0.2, 0.25) is 5.02 Å². The van der Waals surface area contributed by atoms with Gasteiger partial charge in [-0.3, -0.25) is 14.3 Å². The number of aromatic amines is 2. The highest BCUT2D eigenvalue weighted by atomic mass is 35.5. The number of sulfonamides is 1. The normalized spacial score (nSPS) is 11.6. The Labute approximate surface area is 182 Å². The third-order valence-electron chi connectivity index (χ3n) is 4.96. The number of rotatable bonds is 4. The van der Waals surface area contributed by atoms with E-state index in [4.69, 9.17) is 11.6 Å². The van der Waals surface area contributed by atoms with Crippen molar-refractivity contribution in [2.24, 2.45) is 0 Å². The lowest BCUT2D eigenvalue weighted by Gasteiger charge is -2.13. The summed E-state index contributed by atoms with van der Waals surface area (Å²) in [6, 6.07) is 15.5. The minimum atomic E-state index is -3.98. The van der Waals surface area contributed by atoms with E-state index in [9.17, 15) is 18.0 Å². The number of H-pyrrole nitrogens is 2. The van der Waals surface area contributed by atoms with Crippen molar-refractivity contribution in [1.82, 2.24) is 9.97 Å². The molecule has 0 amide bonds. The second kappa shape index (κ2) is 7.72. The maximum atomic E-state index is 13.0. The highest BCUT2D eigenvalue weighted by molar-refractivity contribution is 7.92. The predicted octanol–water partition coefficient (Wildman–Crippen LogP) is 3.95. The van der Waals surface area contributed by atoms with Gasteiger partial charge in [-0.15, -0.1) is 0 Å². The molecule has 0 aliphatic rings. The molecule has 158 valence electrons. The third kappa shape index (κ3) is 3.99. The summed E-state index contributed by atoms with van der Waals surface area (Å²) in [4.78, 5) is 27.9. The quantitative estimate of drug-likeness (QED) is 0.404. The summed E-state index contributed by atoms with van der Waals surface area (Å²) < 4.78 is 28.6. The van der Waals surface area contributed by atoms with Crippen molar-refractivity contribution in [2.75, 3.05) is 4.72 Å². The summed E-state index contributed by atoms with van der Waals surface area (Å²) in [7, 11) is -3.98. The monoisotopic (exact) mass is 455 g/mol. The summed E-state index contributed by atoms with van der Waals surface area (Å²) in [5, 5.41) is 0.409. The summed E-state index contributed by atoms with van der Waals surface area (Å²) in [6.07, 6.45) is 0. The van der Waals surface area contributed by atoms with Gasteiger partial charge in [0.1, 0.15) is 0 Å². The van der Waals surface area contributed by atoms with E-state index < -0.39 is 21.1 Å². The Bertz CT molecular complexity index is 1560. The lowest BCUT2D eigenvalue weighted by molar-refractivity contribution is 0.600. The summed E-state index contributed by atoms with van der Waals surface area (Å²) in [5.74, 6) is 0. The molecule has 9 heteroatoms. The Hall–Kier alpha value is -3.36. The molecular formula is C22H18ClN3O4S. The largest absolute Gasteiger partial charge is 0.316 e. The molecule has 0 saturated carbocycles. The zero-order chi connectivity index (χ0) is 22.3. The van der Waals surface area contributed by atoms with Crippen LogP contribution in [-0.4, -0.2) is 18.4 Å². The fraction of sp³-hybridized carbons (Fsp3) is 0.0909. The van der Waals surface area contributed by atoms with Gasteiger partial charge in [0, 0.05) is 5.56 Å². The van der Waals surface area contributed by atoms with E-state index in [0.717, 1.165) is 16.7 Å². The molecule has 3 aromatic carbocycles. The Morgan fingerprint density at radius 3 is 2.10 bits per heavy atom. The second-order valence-electron chi connectivity index (χ2n) is 7.19. The third-order valence-corrected chi connectivity index (χ3v) is 6.80. The van der Waals surface area contributed by atoms with Crippen molar-refractivity contribution in [3.63, 3.8) is 0 Å². The molecule has 4 rings (SSSR count). The fourth-order valence-corrected chi connectivity index (χ4v) is 5.01. The first kappa shape index (κ1) is 20.9. The van der Waals surface area contributed by atoms with E-state index in [1.165, 1.54) is 12.1 Å². The van der Waals surface area contributed by atoms with Gasteiger partial charge in [0.15, 0.2) is 0 Å². The summed E-state index contributed by atoms with van der Waals surface area (Å²) in [5.41, 5.74) is 2.42. The number of hydrogen-bond donors (Lipinski definition) is 3. The van der Waals surface area contributed by atoms with Crippen molar-refractivity contribution >= 4 is 38.3 Å². The number of aryl methyl sites for hydroxylation is 2. The van der Waals surface area contributed by atoms with Gasteiger partial charge in [-0.25, -0.2) is 8.42 Å². The minimum Gasteiger partial charge on any atom is -0.316 e. The van der Waals surface area contributed by atoms with Gasteiger partial charge in [-0.1, -0.05) is 41.9 Å². The van der Waals surface area contributed by atoms with Crippen LogP contribution < -0.4 is 15.8 Å². The van der Waals surface area contributed by atoms with Crippen molar-refractivity contribution in [3.8, 4) is 11.1 Å². The first-order valence-corrected chi connectivity index (χ1v) is 11.2. The number of fused-ring (bicyclic) bond motifs is 1. The standard InChI is InChI=1S/C22H18ClN3O4S/c1-12-5-3-4-6-15(12)16-8-7-14(10-17(16)23)26-31(29,30)20-11-19-18(9-13(20)2)24-21(27)22(28)25-19/h3-11,26H,1-2H3,(H,24,27)(H,25,28). The van der Waals surface area contributed by atoms with Gasteiger partial charge in [0.2, 0.25) is 0 Å². The van der Waals surface area contributed by atoms with Gasteiger partial charge in [0.05, 0.1) is 26.6 Å². The van der Waals surface area contributed by atoms with Crippen LogP contribution in [0.3, 0.4) is 0 Å². The van der Waals surface area contributed by atoms with Gasteiger partial charge < -0.3 is 9.97 Å². The van der Waals surface area contributed by atoms with Crippen LogP contribution >= 0.6 is 11.6 Å². The second-order valence-corrected chi connectivity index (χ2v) is 9.24. The fourth-order valence-electron chi connectivity index (χ4n) is 3.42. The Kier molecular flexibility index (Phi) is 5.20. The number of aromatic nitrogens is 2. The summed E-state index contributed by atoms with van der Waals surface area (Å²) >= 11 is 6.44. The van der Waals surface area contributed by atoms with E-state index in [2.05, 4.69) is 14.7 Å². The first-order chi connectivity index (χ1) is 14.7. The van der Waals surface area contributed by atoms with Gasteiger partial charge in [-0.05, 0) is 54.8 Å². The van der Waals surface area contributed by atoms with E-state index in [1.807, 2.05) is 31.2 Å². The van der Waals surface area contributed by atoms with Gasteiger partial charge in [0.25, 0.3) is 10.0 Å². The van der Waals surface area contributed by atoms with Crippen molar-refractivity contribution in [1.29, 1.82) is 0 Å². The number of anilines is 1. The van der Waals surface area contributed by atoms with Crippen LogP contribution in [0.5, 0.6) is 0 Å². The molecule has 0 aliphatic carbocycles. The molecule has 0 spiro atoms. The maximum Gasteiger partial charge on any atom is 0.314 e. The van der Waals surface area contributed by atoms with E-state index in [-0.39, 0.29) is 10.4 Å². The predicted molar refractivity (Wildman–Crippen MR) is 122 cm³/mol. The van der Waals surface area contributed by atoms with Gasteiger partial charge in [-0.2, -0.15) is 0 Å². The molecule has 31 heavy (non-hydrogen) atoms. The molecule has 3 N–H and O–H groups in total. The van der Waals surface area contributed by atoms with Crippen molar-refractivity contribution < 1.29 is 8.42 Å². The first-order valence-electron chi connectivity index (χ1n) is 9.31. The van der Waals surface area contributed by atoms with Crippen molar-refractivity contribution in [3.05, 3.63) is 91.5 Å². The topological polar surface area (TPSA) is 112 Å². The lowest BCUT2D eigenvalue weighted by Crippen LogP contribution is -2.29. The zero-order valence-corrected chi connectivity index (χ0v) is 18.2. The van der Waals surface area contributed by atoms with E-state index in [0.29, 0.717) is 21.8 Å².